The van der Waals surface area contributed by atoms with Crippen molar-refractivity contribution in [3.63, 3.8) is 0 Å². The van der Waals surface area contributed by atoms with Gasteiger partial charge in [-0.25, -0.2) is 0 Å². The minimum atomic E-state index is -2.84. The van der Waals surface area contributed by atoms with E-state index in [-0.39, 0.29) is 18.3 Å². The molecule has 0 amide bonds. The van der Waals surface area contributed by atoms with Gasteiger partial charge in [-0.3, -0.25) is 0 Å². The highest BCUT2D eigenvalue weighted by Crippen LogP contribution is 2.24. The third-order valence-corrected chi connectivity index (χ3v) is 2.81. The molecule has 0 bridgehead atoms. The highest BCUT2D eigenvalue weighted by molar-refractivity contribution is 6.30. The van der Waals surface area contributed by atoms with E-state index < -0.39 is 12.3 Å². The molecule has 2 aromatic heterocycles. The molecule has 6 nitrogen and oxygen atoms in total. The Hall–Kier alpha value is -2.48. The van der Waals surface area contributed by atoms with Crippen LogP contribution in [0.5, 0.6) is 5.75 Å². The van der Waals surface area contributed by atoms with Gasteiger partial charge in [0.15, 0.2) is 0 Å². The van der Waals surface area contributed by atoms with Gasteiger partial charge in [-0.1, -0.05) is 22.8 Å². The van der Waals surface area contributed by atoms with Crippen LogP contribution in [-0.2, 0) is 6.61 Å². The molecule has 114 valence electrons. The normalized spacial score (nSPS) is 11.1. The number of hydrogen-bond donors (Lipinski definition) is 0. The van der Waals surface area contributed by atoms with Crippen molar-refractivity contribution < 1.29 is 22.5 Å². The van der Waals surface area contributed by atoms with Crippen LogP contribution in [0.2, 0.25) is 5.02 Å². The van der Waals surface area contributed by atoms with Gasteiger partial charge in [0.2, 0.25) is 5.76 Å². The average molecular weight is 328 g/mol. The molecule has 0 unspecified atom stereocenters. The summed E-state index contributed by atoms with van der Waals surface area (Å²) < 4.78 is 39.9. The van der Waals surface area contributed by atoms with Gasteiger partial charge in [0.25, 0.3) is 11.8 Å². The van der Waals surface area contributed by atoms with Crippen molar-refractivity contribution in [1.29, 1.82) is 0 Å². The van der Waals surface area contributed by atoms with Crippen molar-refractivity contribution >= 4 is 11.6 Å². The van der Waals surface area contributed by atoms with Crippen molar-refractivity contribution in [2.45, 2.75) is 13.0 Å². The lowest BCUT2D eigenvalue weighted by molar-refractivity contribution is 0.115. The van der Waals surface area contributed by atoms with Crippen LogP contribution in [0.15, 0.2) is 39.3 Å². The maximum Gasteiger partial charge on any atom is 0.314 e. The first-order chi connectivity index (χ1) is 10.6. The first-order valence-electron chi connectivity index (χ1n) is 6.07. The quantitative estimate of drug-likeness (QED) is 0.707. The Morgan fingerprint density at radius 2 is 2.09 bits per heavy atom. The van der Waals surface area contributed by atoms with Crippen LogP contribution in [0.3, 0.4) is 0 Å². The van der Waals surface area contributed by atoms with Gasteiger partial charge in [-0.2, -0.15) is 8.78 Å². The molecular weight excluding hydrogens is 320 g/mol. The highest BCUT2D eigenvalue weighted by atomic mass is 35.5. The second kappa shape index (κ2) is 6.10. The number of nitrogens with zero attached hydrogens (tertiary/aromatic N) is 3. The fraction of sp³-hybridized carbons (Fsp3) is 0.154. The SMILES string of the molecule is FC(F)c1nnc(-c2cc(COc3cccc(Cl)c3)no2)o1. The summed E-state index contributed by atoms with van der Waals surface area (Å²) in [4.78, 5) is 0. The molecule has 1 aromatic carbocycles. The maximum atomic E-state index is 12.4. The molecule has 0 spiro atoms. The molecule has 0 atom stereocenters. The number of hydrogen-bond acceptors (Lipinski definition) is 6. The first kappa shape index (κ1) is 14.5. The Balaban J connectivity index is 1.68. The molecule has 0 aliphatic carbocycles. The van der Waals surface area contributed by atoms with E-state index in [0.29, 0.717) is 16.5 Å². The maximum absolute atomic E-state index is 12.4. The number of aromatic nitrogens is 3. The Labute approximate surface area is 127 Å². The van der Waals surface area contributed by atoms with Gasteiger partial charge in [-0.05, 0) is 18.2 Å². The average Bonchev–Trinajstić information content (AvgIpc) is 3.14. The Bertz CT molecular complexity index is 775. The zero-order valence-electron chi connectivity index (χ0n) is 10.9. The molecule has 0 N–H and O–H groups in total. The van der Waals surface area contributed by atoms with Crippen molar-refractivity contribution in [2.75, 3.05) is 0 Å². The van der Waals surface area contributed by atoms with Gasteiger partial charge in [0, 0.05) is 11.1 Å². The minimum Gasteiger partial charge on any atom is -0.487 e. The van der Waals surface area contributed by atoms with Gasteiger partial charge >= 0.3 is 6.43 Å². The second-order valence-electron chi connectivity index (χ2n) is 4.17. The number of alkyl halides is 2. The number of halogens is 3. The smallest absolute Gasteiger partial charge is 0.314 e. The predicted molar refractivity (Wildman–Crippen MR) is 70.5 cm³/mol. The standard InChI is InChI=1S/C13H8ClF2N3O3/c14-7-2-1-3-9(4-7)20-6-8-5-10(22-19-8)12-17-18-13(21-12)11(15)16/h1-5,11H,6H2. The van der Waals surface area contributed by atoms with Crippen molar-refractivity contribution in [3.05, 3.63) is 46.9 Å². The van der Waals surface area contributed by atoms with Crippen LogP contribution < -0.4 is 4.74 Å². The van der Waals surface area contributed by atoms with Gasteiger partial charge < -0.3 is 13.7 Å². The molecule has 3 aromatic rings. The molecule has 0 saturated heterocycles. The summed E-state index contributed by atoms with van der Waals surface area (Å²) in [7, 11) is 0. The fourth-order valence-corrected chi connectivity index (χ4v) is 1.80. The molecule has 0 fully saturated rings. The summed E-state index contributed by atoms with van der Waals surface area (Å²) in [5, 5.41) is 10.9. The molecule has 3 rings (SSSR count). The molecule has 0 radical (unpaired) electrons. The van der Waals surface area contributed by atoms with E-state index in [0.717, 1.165) is 0 Å². The van der Waals surface area contributed by atoms with Crippen molar-refractivity contribution in [3.8, 4) is 17.4 Å². The number of rotatable bonds is 5. The van der Waals surface area contributed by atoms with E-state index in [2.05, 4.69) is 15.4 Å². The Kier molecular flexibility index (Phi) is 4.01. The highest BCUT2D eigenvalue weighted by Gasteiger charge is 2.19. The molecule has 0 aliphatic heterocycles. The predicted octanol–water partition coefficient (Wildman–Crippen LogP) is 3.89. The van der Waals surface area contributed by atoms with E-state index in [4.69, 9.17) is 25.3 Å². The van der Waals surface area contributed by atoms with E-state index in [1.807, 2.05) is 0 Å². The van der Waals surface area contributed by atoms with Crippen LogP contribution in [0.25, 0.3) is 11.7 Å². The van der Waals surface area contributed by atoms with Crippen LogP contribution in [0.1, 0.15) is 18.0 Å². The topological polar surface area (TPSA) is 74.2 Å². The zero-order chi connectivity index (χ0) is 15.5. The van der Waals surface area contributed by atoms with E-state index in [1.54, 1.807) is 24.3 Å². The van der Waals surface area contributed by atoms with Crippen molar-refractivity contribution in [1.82, 2.24) is 15.4 Å². The lowest BCUT2D eigenvalue weighted by atomic mass is 10.3. The zero-order valence-corrected chi connectivity index (χ0v) is 11.6. The summed E-state index contributed by atoms with van der Waals surface area (Å²) in [5.41, 5.74) is 0.437. The molecular formula is C13H8ClF2N3O3. The van der Waals surface area contributed by atoms with Crippen LogP contribution in [0.4, 0.5) is 8.78 Å². The van der Waals surface area contributed by atoms with E-state index >= 15 is 0 Å². The summed E-state index contributed by atoms with van der Waals surface area (Å²) >= 11 is 5.84. The minimum absolute atomic E-state index is 0.0871. The monoisotopic (exact) mass is 327 g/mol. The molecule has 0 aliphatic rings. The van der Waals surface area contributed by atoms with Crippen LogP contribution in [0, 0.1) is 0 Å². The van der Waals surface area contributed by atoms with Crippen molar-refractivity contribution in [2.24, 2.45) is 0 Å². The summed E-state index contributed by atoms with van der Waals surface area (Å²) in [5.74, 6) is -0.293. The number of ether oxygens (including phenoxy) is 1. The largest absolute Gasteiger partial charge is 0.487 e. The molecule has 9 heteroatoms. The van der Waals surface area contributed by atoms with Gasteiger partial charge in [0.05, 0.1) is 0 Å². The van der Waals surface area contributed by atoms with Crippen LogP contribution >= 0.6 is 11.6 Å². The fourth-order valence-electron chi connectivity index (χ4n) is 1.62. The molecule has 0 saturated carbocycles. The first-order valence-corrected chi connectivity index (χ1v) is 6.45. The number of benzene rings is 1. The third kappa shape index (κ3) is 3.22. The second-order valence-corrected chi connectivity index (χ2v) is 4.61. The van der Waals surface area contributed by atoms with Gasteiger partial charge in [0.1, 0.15) is 18.1 Å². The molecule has 22 heavy (non-hydrogen) atoms. The third-order valence-electron chi connectivity index (χ3n) is 2.58. The Morgan fingerprint density at radius 1 is 1.23 bits per heavy atom. The summed E-state index contributed by atoms with van der Waals surface area (Å²) in [6, 6.07) is 8.32. The van der Waals surface area contributed by atoms with Crippen LogP contribution in [-0.4, -0.2) is 15.4 Å². The molecule has 2 heterocycles. The lowest BCUT2D eigenvalue weighted by Gasteiger charge is -2.03. The summed E-state index contributed by atoms with van der Waals surface area (Å²) in [6.45, 7) is 0.111. The van der Waals surface area contributed by atoms with E-state index in [1.165, 1.54) is 6.07 Å². The lowest BCUT2D eigenvalue weighted by Crippen LogP contribution is -1.94. The van der Waals surface area contributed by atoms with E-state index in [9.17, 15) is 8.78 Å². The summed E-state index contributed by atoms with van der Waals surface area (Å²) in [6.07, 6.45) is -2.84. The Morgan fingerprint density at radius 3 is 2.82 bits per heavy atom. The van der Waals surface area contributed by atoms with Gasteiger partial charge in [-0.15, -0.1) is 10.2 Å².